The summed E-state index contributed by atoms with van der Waals surface area (Å²) < 4.78 is 25.6. The maximum absolute atomic E-state index is 12.8. The van der Waals surface area contributed by atoms with E-state index in [2.05, 4.69) is 0 Å². The van der Waals surface area contributed by atoms with Gasteiger partial charge in [-0.05, 0) is 12.8 Å². The first-order valence-electron chi connectivity index (χ1n) is 5.25. The molecule has 1 aliphatic carbocycles. The second kappa shape index (κ2) is 3.48. The summed E-state index contributed by atoms with van der Waals surface area (Å²) in [7, 11) is 0. The van der Waals surface area contributed by atoms with E-state index in [1.165, 1.54) is 0 Å². The van der Waals surface area contributed by atoms with E-state index in [4.69, 9.17) is 0 Å². The Morgan fingerprint density at radius 2 is 1.79 bits per heavy atom. The maximum atomic E-state index is 12.8. The monoisotopic (exact) mass is 203 g/mol. The van der Waals surface area contributed by atoms with Crippen molar-refractivity contribution >= 4 is 5.91 Å². The summed E-state index contributed by atoms with van der Waals surface area (Å²) >= 11 is 0. The third kappa shape index (κ3) is 1.88. The Kier molecular flexibility index (Phi) is 2.45. The number of likely N-dealkylation sites (tertiary alicyclic amines) is 1. The summed E-state index contributed by atoms with van der Waals surface area (Å²) in [6, 6.07) is 0. The number of piperidine rings is 1. The molecule has 0 unspecified atom stereocenters. The number of carbonyl (C=O) groups is 1. The minimum atomic E-state index is -2.55. The van der Waals surface area contributed by atoms with Crippen LogP contribution in [0.3, 0.4) is 0 Å². The normalized spacial score (nSPS) is 27.1. The van der Waals surface area contributed by atoms with Gasteiger partial charge in [0.25, 0.3) is 5.92 Å². The van der Waals surface area contributed by atoms with Gasteiger partial charge >= 0.3 is 0 Å². The molecule has 0 aromatic rings. The maximum Gasteiger partial charge on any atom is 0.251 e. The summed E-state index contributed by atoms with van der Waals surface area (Å²) in [5.74, 6) is -2.30. The molecule has 2 fully saturated rings. The average molecular weight is 203 g/mol. The van der Waals surface area contributed by atoms with E-state index in [1.54, 1.807) is 4.90 Å². The Balaban J connectivity index is 1.85. The summed E-state index contributed by atoms with van der Waals surface area (Å²) in [4.78, 5) is 13.3. The van der Waals surface area contributed by atoms with Gasteiger partial charge in [0.05, 0.1) is 0 Å². The lowest BCUT2D eigenvalue weighted by Gasteiger charge is -2.36. The van der Waals surface area contributed by atoms with Crippen LogP contribution in [0.5, 0.6) is 0 Å². The first-order valence-corrected chi connectivity index (χ1v) is 5.25. The van der Waals surface area contributed by atoms with Crippen LogP contribution in [0.4, 0.5) is 8.78 Å². The van der Waals surface area contributed by atoms with Crippen molar-refractivity contribution in [1.29, 1.82) is 0 Å². The van der Waals surface area contributed by atoms with Crippen LogP contribution in [0.1, 0.15) is 32.1 Å². The van der Waals surface area contributed by atoms with Crippen molar-refractivity contribution < 1.29 is 13.6 Å². The average Bonchev–Trinajstić information content (AvgIpc) is 2.00. The van der Waals surface area contributed by atoms with E-state index in [0.717, 1.165) is 19.3 Å². The van der Waals surface area contributed by atoms with Gasteiger partial charge in [0.1, 0.15) is 0 Å². The summed E-state index contributed by atoms with van der Waals surface area (Å²) in [5.41, 5.74) is 0. The molecular weight excluding hydrogens is 188 g/mol. The largest absolute Gasteiger partial charge is 0.342 e. The standard InChI is InChI=1S/C10H15F2NO/c11-10(12)4-6-13(7-5-10)9(14)8-2-1-3-8/h8H,1-7H2. The molecule has 1 aliphatic heterocycles. The third-order valence-corrected chi connectivity index (χ3v) is 3.26. The Labute approximate surface area is 82.3 Å². The summed E-state index contributed by atoms with van der Waals surface area (Å²) in [5, 5.41) is 0. The fraction of sp³-hybridized carbons (Fsp3) is 0.900. The fourth-order valence-electron chi connectivity index (χ4n) is 1.97. The lowest BCUT2D eigenvalue weighted by Crippen LogP contribution is -2.46. The van der Waals surface area contributed by atoms with E-state index in [0.29, 0.717) is 0 Å². The van der Waals surface area contributed by atoms with Crippen LogP contribution in [0.15, 0.2) is 0 Å². The molecule has 0 N–H and O–H groups in total. The molecule has 4 heteroatoms. The zero-order valence-electron chi connectivity index (χ0n) is 8.14. The molecule has 2 aliphatic rings. The van der Waals surface area contributed by atoms with Crippen molar-refractivity contribution in [2.24, 2.45) is 5.92 Å². The molecule has 1 amide bonds. The molecule has 0 radical (unpaired) electrons. The summed E-state index contributed by atoms with van der Waals surface area (Å²) in [6.07, 6.45) is 2.69. The molecule has 0 aromatic heterocycles. The smallest absolute Gasteiger partial charge is 0.251 e. The minimum absolute atomic E-state index is 0.103. The Morgan fingerprint density at radius 1 is 1.21 bits per heavy atom. The highest BCUT2D eigenvalue weighted by Crippen LogP contribution is 2.32. The number of alkyl halides is 2. The molecule has 1 saturated heterocycles. The van der Waals surface area contributed by atoms with Crippen molar-refractivity contribution in [3.8, 4) is 0 Å². The van der Waals surface area contributed by atoms with Crippen LogP contribution in [0, 0.1) is 5.92 Å². The fourth-order valence-corrected chi connectivity index (χ4v) is 1.97. The van der Waals surface area contributed by atoms with Crippen molar-refractivity contribution in [2.45, 2.75) is 38.0 Å². The number of hydrogen-bond donors (Lipinski definition) is 0. The zero-order chi connectivity index (χ0) is 10.2. The number of rotatable bonds is 1. The van der Waals surface area contributed by atoms with Crippen molar-refractivity contribution in [3.63, 3.8) is 0 Å². The Hall–Kier alpha value is -0.670. The Morgan fingerprint density at radius 3 is 2.21 bits per heavy atom. The number of amides is 1. The first-order chi connectivity index (χ1) is 6.58. The van der Waals surface area contributed by atoms with Gasteiger partial charge in [-0.15, -0.1) is 0 Å². The molecule has 80 valence electrons. The molecule has 1 heterocycles. The van der Waals surface area contributed by atoms with Gasteiger partial charge in [0.2, 0.25) is 5.91 Å². The Bertz CT molecular complexity index is 228. The lowest BCUT2D eigenvalue weighted by molar-refractivity contribution is -0.144. The predicted molar refractivity (Wildman–Crippen MR) is 48.1 cm³/mol. The van der Waals surface area contributed by atoms with Gasteiger partial charge in [-0.1, -0.05) is 6.42 Å². The quantitative estimate of drug-likeness (QED) is 0.638. The molecule has 0 aromatic carbocycles. The highest BCUT2D eigenvalue weighted by Gasteiger charge is 2.38. The minimum Gasteiger partial charge on any atom is -0.342 e. The van der Waals surface area contributed by atoms with E-state index in [9.17, 15) is 13.6 Å². The molecule has 14 heavy (non-hydrogen) atoms. The highest BCUT2D eigenvalue weighted by molar-refractivity contribution is 5.79. The van der Waals surface area contributed by atoms with Crippen LogP contribution < -0.4 is 0 Å². The molecule has 2 nitrogen and oxygen atoms in total. The number of halogens is 2. The highest BCUT2D eigenvalue weighted by atomic mass is 19.3. The summed E-state index contributed by atoms with van der Waals surface area (Å²) in [6.45, 7) is 0.477. The van der Waals surface area contributed by atoms with Gasteiger partial charge < -0.3 is 4.90 Å². The van der Waals surface area contributed by atoms with Gasteiger partial charge in [-0.25, -0.2) is 8.78 Å². The first kappa shape index (κ1) is 9.87. The van der Waals surface area contributed by atoms with Crippen LogP contribution in [0.2, 0.25) is 0 Å². The lowest BCUT2D eigenvalue weighted by atomic mass is 9.84. The van der Waals surface area contributed by atoms with E-state index < -0.39 is 5.92 Å². The third-order valence-electron chi connectivity index (χ3n) is 3.26. The van der Waals surface area contributed by atoms with Gasteiger partial charge in [-0.3, -0.25) is 4.79 Å². The number of nitrogens with zero attached hydrogens (tertiary/aromatic N) is 1. The van der Waals surface area contributed by atoms with Gasteiger partial charge in [-0.2, -0.15) is 0 Å². The molecule has 0 spiro atoms. The van der Waals surface area contributed by atoms with Crippen LogP contribution in [-0.2, 0) is 4.79 Å². The van der Waals surface area contributed by atoms with Crippen molar-refractivity contribution in [1.82, 2.24) is 4.90 Å². The van der Waals surface area contributed by atoms with Crippen LogP contribution in [0.25, 0.3) is 0 Å². The van der Waals surface area contributed by atoms with Crippen molar-refractivity contribution in [3.05, 3.63) is 0 Å². The number of hydrogen-bond acceptors (Lipinski definition) is 1. The molecule has 0 bridgehead atoms. The second-order valence-electron chi connectivity index (χ2n) is 4.31. The molecule has 2 rings (SSSR count). The van der Waals surface area contributed by atoms with E-state index in [-0.39, 0.29) is 37.8 Å². The molecular formula is C10H15F2NO. The molecule has 0 atom stereocenters. The van der Waals surface area contributed by atoms with Gasteiger partial charge in [0, 0.05) is 31.8 Å². The van der Waals surface area contributed by atoms with E-state index >= 15 is 0 Å². The topological polar surface area (TPSA) is 20.3 Å². The SMILES string of the molecule is O=C(C1CCC1)N1CCC(F)(F)CC1. The zero-order valence-corrected chi connectivity index (χ0v) is 8.14. The predicted octanol–water partition coefficient (Wildman–Crippen LogP) is 2.04. The van der Waals surface area contributed by atoms with Gasteiger partial charge in [0.15, 0.2) is 0 Å². The van der Waals surface area contributed by atoms with E-state index in [1.807, 2.05) is 0 Å². The van der Waals surface area contributed by atoms with Crippen molar-refractivity contribution in [2.75, 3.05) is 13.1 Å². The second-order valence-corrected chi connectivity index (χ2v) is 4.31. The number of carbonyl (C=O) groups excluding carboxylic acids is 1. The van der Waals surface area contributed by atoms with Crippen LogP contribution in [-0.4, -0.2) is 29.8 Å². The molecule has 1 saturated carbocycles. The van der Waals surface area contributed by atoms with Crippen LogP contribution >= 0.6 is 0 Å².